The Hall–Kier alpha value is -8.73. The summed E-state index contributed by atoms with van der Waals surface area (Å²) < 4.78 is 5.56. The summed E-state index contributed by atoms with van der Waals surface area (Å²) in [5.74, 6) is 1.15. The van der Waals surface area contributed by atoms with E-state index in [1.165, 1.54) is 5.39 Å². The molecule has 0 amide bonds. The van der Waals surface area contributed by atoms with Crippen LogP contribution in [0.25, 0.3) is 75.6 Å². The zero-order valence-electron chi connectivity index (χ0n) is 34.6. The lowest BCUT2D eigenvalue weighted by Crippen LogP contribution is -2.14. The van der Waals surface area contributed by atoms with Gasteiger partial charge in [0.05, 0.1) is 26.8 Å². The molecule has 0 radical (unpaired) electrons. The van der Waals surface area contributed by atoms with Crippen molar-refractivity contribution in [1.29, 1.82) is 0 Å². The first-order chi connectivity index (χ1) is 32.2. The van der Waals surface area contributed by atoms with E-state index >= 15 is 0 Å². The fourth-order valence-electron chi connectivity index (χ4n) is 9.30. The Labute approximate surface area is 376 Å². The fraction of sp³-hybridized carbons (Fsp3) is 0. The highest BCUT2D eigenvalue weighted by atomic mass is 32.1. The molecule has 0 unspecified atom stereocenters. The smallest absolute Gasteiger partial charge is 0.255 e. The molecule has 0 aliphatic heterocycles. The van der Waals surface area contributed by atoms with Crippen LogP contribution in [0.2, 0.25) is 0 Å². The molecule has 0 saturated carbocycles. The van der Waals surface area contributed by atoms with Crippen molar-refractivity contribution in [3.8, 4) is 11.4 Å². The lowest BCUT2D eigenvalue weighted by molar-refractivity contribution is 0.988. The summed E-state index contributed by atoms with van der Waals surface area (Å²) in [6.07, 6.45) is 0. The molecule has 5 heterocycles. The van der Waals surface area contributed by atoms with Crippen LogP contribution in [0, 0.1) is 0 Å². The summed E-state index contributed by atoms with van der Waals surface area (Å²) in [5.41, 5.74) is 11.8. The van der Waals surface area contributed by atoms with Crippen LogP contribution in [-0.4, -0.2) is 34.5 Å². The highest BCUT2D eigenvalue weighted by Crippen LogP contribution is 2.43. The molecule has 0 N–H and O–H groups in total. The Morgan fingerprint density at radius 3 is 1.38 bits per heavy atom. The van der Waals surface area contributed by atoms with Crippen molar-refractivity contribution in [2.24, 2.45) is 0 Å². The van der Waals surface area contributed by atoms with Gasteiger partial charge in [-0.2, -0.15) is 4.98 Å². The van der Waals surface area contributed by atoms with Crippen molar-refractivity contribution in [3.63, 3.8) is 0 Å². The predicted molar refractivity (Wildman–Crippen MR) is 266 cm³/mol. The second-order valence-corrected chi connectivity index (χ2v) is 16.9. The third-order valence-corrected chi connectivity index (χ3v) is 13.1. The van der Waals surface area contributed by atoms with Gasteiger partial charge in [-0.05, 0) is 97.1 Å². The minimum Gasteiger partial charge on any atom is -0.309 e. The van der Waals surface area contributed by atoms with E-state index < -0.39 is 0 Å². The number of para-hydroxylation sites is 6. The zero-order chi connectivity index (χ0) is 42.8. The van der Waals surface area contributed by atoms with Crippen molar-refractivity contribution >= 4 is 110 Å². The van der Waals surface area contributed by atoms with Crippen LogP contribution in [0.5, 0.6) is 0 Å². The zero-order valence-corrected chi connectivity index (χ0v) is 35.5. The van der Waals surface area contributed by atoms with Gasteiger partial charge < -0.3 is 9.13 Å². The van der Waals surface area contributed by atoms with Crippen molar-refractivity contribution < 1.29 is 0 Å². The second kappa shape index (κ2) is 15.0. The van der Waals surface area contributed by atoms with E-state index in [4.69, 9.17) is 25.4 Å². The van der Waals surface area contributed by atoms with Gasteiger partial charge in [-0.1, -0.05) is 109 Å². The minimum atomic E-state index is 0.462. The molecule has 0 atom stereocenters. The van der Waals surface area contributed by atoms with Crippen molar-refractivity contribution in [2.75, 3.05) is 9.80 Å². The molecule has 9 nitrogen and oxygen atoms in total. The van der Waals surface area contributed by atoms with Gasteiger partial charge in [0.2, 0.25) is 0 Å². The van der Waals surface area contributed by atoms with E-state index in [9.17, 15) is 0 Å². The molecule has 0 aliphatic rings. The third-order valence-electron chi connectivity index (χ3n) is 12.1. The lowest BCUT2D eigenvalue weighted by atomic mass is 10.1. The van der Waals surface area contributed by atoms with E-state index in [0.29, 0.717) is 22.8 Å². The first-order valence-corrected chi connectivity index (χ1v) is 22.3. The highest BCUT2D eigenvalue weighted by Gasteiger charge is 2.23. The maximum absolute atomic E-state index is 5.22. The highest BCUT2D eigenvalue weighted by molar-refractivity contribution is 7.25. The molecular weight excluding hydrogens is 819 g/mol. The molecule has 0 spiro atoms. The van der Waals surface area contributed by atoms with E-state index in [-0.39, 0.29) is 0 Å². The van der Waals surface area contributed by atoms with Crippen molar-refractivity contribution in [1.82, 2.24) is 34.5 Å². The number of aromatic nitrogens is 7. The van der Waals surface area contributed by atoms with E-state index in [1.54, 1.807) is 11.3 Å². The number of anilines is 6. The normalized spacial score (nSPS) is 11.7. The lowest BCUT2D eigenvalue weighted by Gasteiger charge is -2.24. The first-order valence-electron chi connectivity index (χ1n) is 21.4. The van der Waals surface area contributed by atoms with Gasteiger partial charge in [-0.15, -0.1) is 31.7 Å². The fourth-order valence-corrected chi connectivity index (χ4v) is 10.3. The molecule has 5 aromatic heterocycles. The summed E-state index contributed by atoms with van der Waals surface area (Å²) in [7, 11) is 0. The molecule has 8 aromatic carbocycles. The maximum Gasteiger partial charge on any atom is 0.255 e. The molecule has 65 heavy (non-hydrogen) atoms. The Morgan fingerprint density at radius 2 is 0.815 bits per heavy atom. The SMILES string of the molecule is c1ccc(N(c2ccc3c(c2)c2ccccc2n3-c2ccccc2)c2cc3sc4nc(N(c5ccccc5)c5ccc6c(c5)c5ccccc5n6-c5ccccc5)nnc4c3nn2)cc1. The summed E-state index contributed by atoms with van der Waals surface area (Å²) in [5, 5.41) is 23.9. The number of benzene rings is 8. The quantitative estimate of drug-likeness (QED) is 0.151. The first kappa shape index (κ1) is 36.9. The van der Waals surface area contributed by atoms with Gasteiger partial charge in [0.25, 0.3) is 5.95 Å². The van der Waals surface area contributed by atoms with Gasteiger partial charge >= 0.3 is 0 Å². The van der Waals surface area contributed by atoms with Crippen LogP contribution in [-0.2, 0) is 0 Å². The molecule has 0 bridgehead atoms. The monoisotopic (exact) mass is 853 g/mol. The number of nitrogens with zero attached hydrogens (tertiary/aromatic N) is 9. The van der Waals surface area contributed by atoms with E-state index in [0.717, 1.165) is 81.9 Å². The van der Waals surface area contributed by atoms with Gasteiger partial charge in [-0.25, -0.2) is 0 Å². The third kappa shape index (κ3) is 6.03. The largest absolute Gasteiger partial charge is 0.309 e. The van der Waals surface area contributed by atoms with Crippen LogP contribution in [0.15, 0.2) is 212 Å². The predicted octanol–water partition coefficient (Wildman–Crippen LogP) is 14.2. The van der Waals surface area contributed by atoms with Gasteiger partial charge in [-0.3, -0.25) is 9.80 Å². The van der Waals surface area contributed by atoms with Crippen LogP contribution >= 0.6 is 11.3 Å². The molecule has 0 aliphatic carbocycles. The molecule has 0 saturated heterocycles. The summed E-state index contributed by atoms with van der Waals surface area (Å²) in [6.45, 7) is 0. The number of fused-ring (bicyclic) bond motifs is 9. The molecule has 0 fully saturated rings. The summed E-state index contributed by atoms with van der Waals surface area (Å²) in [4.78, 5) is 10.2. The maximum atomic E-state index is 5.22. The average Bonchev–Trinajstić information content (AvgIpc) is 4.02. The molecule has 13 aromatic rings. The van der Waals surface area contributed by atoms with E-state index in [1.807, 2.05) is 42.5 Å². The number of hydrogen-bond donors (Lipinski definition) is 0. The Morgan fingerprint density at radius 1 is 0.354 bits per heavy atom. The number of hydrogen-bond acceptors (Lipinski definition) is 8. The molecular formula is C55H35N9S. The van der Waals surface area contributed by atoms with Crippen LogP contribution in [0.4, 0.5) is 34.5 Å². The molecule has 10 heteroatoms. The Bertz CT molecular complexity index is 3650. The summed E-state index contributed by atoms with van der Waals surface area (Å²) >= 11 is 1.54. The van der Waals surface area contributed by atoms with Crippen LogP contribution in [0.1, 0.15) is 0 Å². The summed E-state index contributed by atoms with van der Waals surface area (Å²) in [6, 6.07) is 74.0. The van der Waals surface area contributed by atoms with E-state index in [2.05, 4.69) is 189 Å². The van der Waals surface area contributed by atoms with Gasteiger partial charge in [0.1, 0.15) is 5.52 Å². The van der Waals surface area contributed by atoms with Crippen molar-refractivity contribution in [2.45, 2.75) is 0 Å². The van der Waals surface area contributed by atoms with Gasteiger partial charge in [0.15, 0.2) is 16.2 Å². The Balaban J connectivity index is 0.936. The molecule has 306 valence electrons. The van der Waals surface area contributed by atoms with Crippen LogP contribution in [0.3, 0.4) is 0 Å². The van der Waals surface area contributed by atoms with Crippen molar-refractivity contribution in [3.05, 3.63) is 212 Å². The Kier molecular flexibility index (Phi) is 8.50. The van der Waals surface area contributed by atoms with Crippen LogP contribution < -0.4 is 9.80 Å². The van der Waals surface area contributed by atoms with Gasteiger partial charge in [0, 0.05) is 61.7 Å². The topological polar surface area (TPSA) is 80.8 Å². The second-order valence-electron chi connectivity index (χ2n) is 15.9. The standard InChI is InChI=1S/C55H35N9S/c1-5-17-36(18-6-1)61(40-29-31-48-44(33-40)42-25-13-15-27-46(42)63(48)38-21-9-3-10-22-38)51-35-50-52(58-57-51)53-54(65-50)56-55(60-59-53)62(37-19-7-2-8-20-37)41-30-32-49-45(34-41)43-26-14-16-28-47(43)64(49)39-23-11-4-12-24-39/h1-35H. The minimum absolute atomic E-state index is 0.462. The number of thiophene rings is 1. The number of rotatable bonds is 8. The molecule has 13 rings (SSSR count). The average molecular weight is 854 g/mol.